The van der Waals surface area contributed by atoms with Crippen molar-refractivity contribution in [2.24, 2.45) is 11.8 Å². The molecule has 1 nitrogen and oxygen atoms in total. The van der Waals surface area contributed by atoms with Gasteiger partial charge in [0.05, 0.1) is 5.69 Å². The summed E-state index contributed by atoms with van der Waals surface area (Å²) in [4.78, 5) is 4.68. The van der Waals surface area contributed by atoms with E-state index in [1.165, 1.54) is 33.2 Å². The van der Waals surface area contributed by atoms with Gasteiger partial charge < -0.3 is 0 Å². The number of aromatic nitrogens is 1. The Morgan fingerprint density at radius 1 is 0.967 bits per heavy atom. The van der Waals surface area contributed by atoms with Crippen molar-refractivity contribution < 1.29 is 0 Å². The number of nitrogens with zero attached hydrogens (tertiary/aromatic N) is 1. The molecular formula is C29H35N. The summed E-state index contributed by atoms with van der Waals surface area (Å²) in [5.74, 6) is 1.38. The van der Waals surface area contributed by atoms with Gasteiger partial charge in [-0.3, -0.25) is 4.98 Å². The Labute approximate surface area is 181 Å². The zero-order valence-corrected chi connectivity index (χ0v) is 18.9. The SMILES string of the molecule is CCC(C)C.CCC=CCC1CC=c2cc3ccccc3cc2=C1c1ccccn1. The van der Waals surface area contributed by atoms with Gasteiger partial charge in [0, 0.05) is 6.20 Å². The van der Waals surface area contributed by atoms with Gasteiger partial charge in [0.1, 0.15) is 0 Å². The summed E-state index contributed by atoms with van der Waals surface area (Å²) in [6.07, 6.45) is 13.4. The van der Waals surface area contributed by atoms with E-state index in [1.807, 2.05) is 12.3 Å². The first-order valence-corrected chi connectivity index (χ1v) is 11.4. The molecule has 3 aromatic rings. The molecule has 0 spiro atoms. The number of allylic oxidation sites excluding steroid dienone is 2. The van der Waals surface area contributed by atoms with E-state index in [9.17, 15) is 0 Å². The minimum Gasteiger partial charge on any atom is -0.257 e. The van der Waals surface area contributed by atoms with Crippen molar-refractivity contribution in [2.45, 2.75) is 53.4 Å². The van der Waals surface area contributed by atoms with Crippen LogP contribution in [0.5, 0.6) is 0 Å². The van der Waals surface area contributed by atoms with Crippen molar-refractivity contribution in [3.8, 4) is 0 Å². The highest BCUT2D eigenvalue weighted by molar-refractivity contribution is 5.84. The van der Waals surface area contributed by atoms with E-state index in [0.29, 0.717) is 5.92 Å². The molecule has 1 aliphatic carbocycles. The van der Waals surface area contributed by atoms with Gasteiger partial charge in [0.25, 0.3) is 0 Å². The molecular weight excluding hydrogens is 362 g/mol. The summed E-state index contributed by atoms with van der Waals surface area (Å²) in [6.45, 7) is 8.83. The van der Waals surface area contributed by atoms with Crippen LogP contribution < -0.4 is 10.4 Å². The van der Waals surface area contributed by atoms with E-state index in [-0.39, 0.29) is 0 Å². The molecule has 0 N–H and O–H groups in total. The van der Waals surface area contributed by atoms with Crippen molar-refractivity contribution in [3.05, 3.63) is 89.1 Å². The zero-order valence-electron chi connectivity index (χ0n) is 18.9. The predicted molar refractivity (Wildman–Crippen MR) is 132 cm³/mol. The Morgan fingerprint density at radius 2 is 1.67 bits per heavy atom. The highest BCUT2D eigenvalue weighted by Gasteiger charge is 2.19. The first-order valence-electron chi connectivity index (χ1n) is 11.4. The van der Waals surface area contributed by atoms with E-state index >= 15 is 0 Å². The number of benzene rings is 2. The topological polar surface area (TPSA) is 12.9 Å². The van der Waals surface area contributed by atoms with Gasteiger partial charge in [0.15, 0.2) is 0 Å². The second-order valence-corrected chi connectivity index (χ2v) is 8.47. The fraction of sp³-hybridized carbons (Fsp3) is 0.345. The molecule has 1 aromatic heterocycles. The maximum atomic E-state index is 4.68. The van der Waals surface area contributed by atoms with Crippen LogP contribution in [0.25, 0.3) is 22.4 Å². The van der Waals surface area contributed by atoms with Gasteiger partial charge in [-0.25, -0.2) is 0 Å². The average molecular weight is 398 g/mol. The molecule has 4 rings (SSSR count). The van der Waals surface area contributed by atoms with Crippen molar-refractivity contribution >= 4 is 22.4 Å². The number of fused-ring (bicyclic) bond motifs is 2. The van der Waals surface area contributed by atoms with E-state index in [1.54, 1.807) is 0 Å². The van der Waals surface area contributed by atoms with Crippen LogP contribution in [0.15, 0.2) is 72.9 Å². The van der Waals surface area contributed by atoms with Crippen molar-refractivity contribution in [3.63, 3.8) is 0 Å². The molecule has 156 valence electrons. The molecule has 0 saturated carbocycles. The number of hydrogen-bond acceptors (Lipinski definition) is 1. The number of rotatable bonds is 5. The van der Waals surface area contributed by atoms with E-state index in [4.69, 9.17) is 0 Å². The fourth-order valence-electron chi connectivity index (χ4n) is 3.78. The molecule has 0 bridgehead atoms. The lowest BCUT2D eigenvalue weighted by atomic mass is 9.83. The lowest BCUT2D eigenvalue weighted by Gasteiger charge is -2.21. The molecule has 0 fully saturated rings. The second kappa shape index (κ2) is 10.9. The molecule has 1 heteroatoms. The van der Waals surface area contributed by atoms with Crippen molar-refractivity contribution in [2.75, 3.05) is 0 Å². The summed E-state index contributed by atoms with van der Waals surface area (Å²) >= 11 is 0. The minimum atomic E-state index is 0.492. The third-order valence-corrected chi connectivity index (χ3v) is 5.82. The predicted octanol–water partition coefficient (Wildman–Crippen LogP) is 6.64. The Bertz CT molecular complexity index is 1090. The molecule has 0 amide bonds. The quantitative estimate of drug-likeness (QED) is 0.440. The van der Waals surface area contributed by atoms with Crippen molar-refractivity contribution in [1.29, 1.82) is 0 Å². The highest BCUT2D eigenvalue weighted by Crippen LogP contribution is 2.28. The largest absolute Gasteiger partial charge is 0.257 e. The molecule has 0 radical (unpaired) electrons. The average Bonchev–Trinajstić information content (AvgIpc) is 2.78. The van der Waals surface area contributed by atoms with E-state index < -0.39 is 0 Å². The molecule has 0 aliphatic heterocycles. The fourth-order valence-corrected chi connectivity index (χ4v) is 3.78. The highest BCUT2D eigenvalue weighted by atomic mass is 14.7. The Kier molecular flexibility index (Phi) is 8.02. The monoisotopic (exact) mass is 397 g/mol. The lowest BCUT2D eigenvalue weighted by molar-refractivity contribution is 0.626. The number of pyridine rings is 1. The Hall–Kier alpha value is -2.67. The van der Waals surface area contributed by atoms with Gasteiger partial charge in [-0.15, -0.1) is 0 Å². The van der Waals surface area contributed by atoms with E-state index in [2.05, 4.69) is 99.4 Å². The van der Waals surface area contributed by atoms with Crippen LogP contribution in [0.4, 0.5) is 0 Å². The molecule has 2 aromatic carbocycles. The van der Waals surface area contributed by atoms with Crippen LogP contribution in [0, 0.1) is 11.8 Å². The maximum absolute atomic E-state index is 4.68. The molecule has 1 aliphatic rings. The molecule has 1 unspecified atom stereocenters. The van der Waals surface area contributed by atoms with Crippen LogP contribution in [-0.4, -0.2) is 4.98 Å². The molecule has 1 atom stereocenters. The zero-order chi connectivity index (χ0) is 21.3. The van der Waals surface area contributed by atoms with E-state index in [0.717, 1.165) is 30.9 Å². The second-order valence-electron chi connectivity index (χ2n) is 8.47. The lowest BCUT2D eigenvalue weighted by Crippen LogP contribution is -2.33. The molecule has 1 heterocycles. The number of hydrogen-bond donors (Lipinski definition) is 0. The first-order chi connectivity index (χ1) is 14.6. The molecule has 30 heavy (non-hydrogen) atoms. The minimum absolute atomic E-state index is 0.492. The smallest absolute Gasteiger partial charge is 0.0670 e. The maximum Gasteiger partial charge on any atom is 0.0670 e. The van der Waals surface area contributed by atoms with Crippen LogP contribution in [0.3, 0.4) is 0 Å². The summed E-state index contributed by atoms with van der Waals surface area (Å²) in [5, 5.41) is 5.30. The Morgan fingerprint density at radius 3 is 2.30 bits per heavy atom. The standard InChI is InChI=1S/C24H23N.C5H12/c1-2-3-4-9-18-13-14-21-16-19-10-5-6-11-20(19)17-22(21)24(18)23-12-7-8-15-25-23;1-4-5(2)3/h3-8,10-12,14-18H,2,9,13H2,1H3;5H,4H2,1-3H3. The van der Waals surface area contributed by atoms with Crippen LogP contribution in [0.1, 0.15) is 59.1 Å². The van der Waals surface area contributed by atoms with Gasteiger partial charge in [-0.05, 0) is 82.1 Å². The van der Waals surface area contributed by atoms with Crippen LogP contribution >= 0.6 is 0 Å². The van der Waals surface area contributed by atoms with Crippen molar-refractivity contribution in [1.82, 2.24) is 4.98 Å². The third kappa shape index (κ3) is 5.48. The summed E-state index contributed by atoms with van der Waals surface area (Å²) in [6, 6.07) is 19.5. The van der Waals surface area contributed by atoms with Gasteiger partial charge in [-0.1, -0.05) is 82.7 Å². The van der Waals surface area contributed by atoms with Crippen LogP contribution in [-0.2, 0) is 0 Å². The summed E-state index contributed by atoms with van der Waals surface area (Å²) < 4.78 is 0. The van der Waals surface area contributed by atoms with Crippen LogP contribution in [0.2, 0.25) is 0 Å². The first kappa shape index (κ1) is 22.0. The third-order valence-electron chi connectivity index (χ3n) is 5.82. The summed E-state index contributed by atoms with van der Waals surface area (Å²) in [7, 11) is 0. The normalized spacial score (nSPS) is 15.6. The van der Waals surface area contributed by atoms with Gasteiger partial charge >= 0.3 is 0 Å². The summed E-state index contributed by atoms with van der Waals surface area (Å²) in [5.41, 5.74) is 2.51. The molecule has 0 saturated heterocycles. The van der Waals surface area contributed by atoms with Gasteiger partial charge in [-0.2, -0.15) is 0 Å². The van der Waals surface area contributed by atoms with Gasteiger partial charge in [0.2, 0.25) is 0 Å². The Balaban J connectivity index is 0.000000461.